The maximum Gasteiger partial charge on any atom is 0.228 e. The molecule has 5 heteroatoms. The summed E-state index contributed by atoms with van der Waals surface area (Å²) in [6, 6.07) is 15.2. The zero-order chi connectivity index (χ0) is 17.1. The van der Waals surface area contributed by atoms with Gasteiger partial charge in [0.25, 0.3) is 0 Å². The molecule has 0 aliphatic heterocycles. The van der Waals surface area contributed by atoms with Crippen LogP contribution in [-0.4, -0.2) is 11.8 Å². The fraction of sp³-hybridized carbons (Fsp3) is 0.263. The normalized spacial score (nSPS) is 18.8. The van der Waals surface area contributed by atoms with Crippen LogP contribution in [0, 0.1) is 11.8 Å². The lowest BCUT2D eigenvalue weighted by Crippen LogP contribution is -2.20. The Labute approximate surface area is 149 Å². The Morgan fingerprint density at radius 1 is 1.00 bits per heavy atom. The molecule has 0 saturated heterocycles. The van der Waals surface area contributed by atoms with Crippen molar-refractivity contribution >= 4 is 39.1 Å². The minimum absolute atomic E-state index is 0.0892. The quantitative estimate of drug-likeness (QED) is 0.807. The fourth-order valence-electron chi connectivity index (χ4n) is 2.63. The Balaban J connectivity index is 1.53. The van der Waals surface area contributed by atoms with E-state index in [2.05, 4.69) is 33.5 Å². The lowest BCUT2D eigenvalue weighted by atomic mass is 10.1. The maximum atomic E-state index is 12.3. The Morgan fingerprint density at radius 2 is 1.62 bits per heavy atom. The highest BCUT2D eigenvalue weighted by molar-refractivity contribution is 9.10. The second-order valence-corrected chi connectivity index (χ2v) is 6.90. The molecule has 2 atom stereocenters. The van der Waals surface area contributed by atoms with Crippen LogP contribution in [0.1, 0.15) is 18.9 Å². The van der Waals surface area contributed by atoms with Gasteiger partial charge in [-0.3, -0.25) is 9.59 Å². The summed E-state index contributed by atoms with van der Waals surface area (Å²) in [7, 11) is 0. The number of hydrogen-bond acceptors (Lipinski definition) is 2. The lowest BCUT2D eigenvalue weighted by Gasteiger charge is -2.07. The van der Waals surface area contributed by atoms with Crippen molar-refractivity contribution in [1.82, 2.24) is 0 Å². The number of benzene rings is 2. The van der Waals surface area contributed by atoms with Gasteiger partial charge in [-0.15, -0.1) is 0 Å². The van der Waals surface area contributed by atoms with E-state index in [1.807, 2.05) is 48.5 Å². The summed E-state index contributed by atoms with van der Waals surface area (Å²) in [6.45, 7) is 2.09. The molecule has 4 nitrogen and oxygen atoms in total. The molecule has 1 fully saturated rings. The second-order valence-electron chi connectivity index (χ2n) is 5.99. The molecule has 2 N–H and O–H groups in total. The first-order valence-electron chi connectivity index (χ1n) is 8.03. The number of carbonyl (C=O) groups excluding carboxylic acids is 2. The van der Waals surface area contributed by atoms with Crippen molar-refractivity contribution in [3.63, 3.8) is 0 Å². The zero-order valence-corrected chi connectivity index (χ0v) is 15.0. The van der Waals surface area contributed by atoms with Crippen molar-refractivity contribution < 1.29 is 9.59 Å². The molecule has 0 spiro atoms. The summed E-state index contributed by atoms with van der Waals surface area (Å²) in [5.41, 5.74) is 2.73. The average molecular weight is 387 g/mol. The highest BCUT2D eigenvalue weighted by atomic mass is 79.9. The van der Waals surface area contributed by atoms with E-state index < -0.39 is 0 Å². The van der Waals surface area contributed by atoms with Crippen molar-refractivity contribution in [2.45, 2.75) is 19.8 Å². The molecule has 1 aliphatic rings. The molecule has 2 amide bonds. The molecular weight excluding hydrogens is 368 g/mol. The molecule has 1 aliphatic carbocycles. The molecule has 2 unspecified atom stereocenters. The number of carbonyl (C=O) groups is 2. The van der Waals surface area contributed by atoms with E-state index in [1.165, 1.54) is 5.56 Å². The van der Waals surface area contributed by atoms with Gasteiger partial charge in [-0.05, 0) is 48.7 Å². The second kappa shape index (κ2) is 7.18. The summed E-state index contributed by atoms with van der Waals surface area (Å²) in [5.74, 6) is -0.690. The van der Waals surface area contributed by atoms with Crippen LogP contribution < -0.4 is 10.6 Å². The number of anilines is 2. The summed E-state index contributed by atoms with van der Waals surface area (Å²) in [6.07, 6.45) is 1.56. The van der Waals surface area contributed by atoms with E-state index >= 15 is 0 Å². The molecule has 0 radical (unpaired) electrons. The Kier molecular flexibility index (Phi) is 5.00. The first-order chi connectivity index (χ1) is 11.6. The van der Waals surface area contributed by atoms with Gasteiger partial charge < -0.3 is 10.6 Å². The van der Waals surface area contributed by atoms with E-state index in [1.54, 1.807) is 0 Å². The molecule has 1 saturated carbocycles. The lowest BCUT2D eigenvalue weighted by molar-refractivity contribution is -0.122. The molecule has 0 aromatic heterocycles. The summed E-state index contributed by atoms with van der Waals surface area (Å²) < 4.78 is 0.904. The SMILES string of the molecule is CCc1ccc(NC(=O)C2CC2C(=O)Nc2cccc(Br)c2)cc1. The van der Waals surface area contributed by atoms with Crippen LogP contribution in [0.3, 0.4) is 0 Å². The number of nitrogens with one attached hydrogen (secondary N) is 2. The predicted octanol–water partition coefficient (Wildman–Crippen LogP) is 4.22. The minimum Gasteiger partial charge on any atom is -0.326 e. The minimum atomic E-state index is -0.251. The number of halogens is 1. The standard InChI is InChI=1S/C19H19BrN2O2/c1-2-12-6-8-14(9-7-12)21-18(23)16-11-17(16)19(24)22-15-5-3-4-13(20)10-15/h3-10,16-17H,2,11H2,1H3,(H,21,23)(H,22,24). The fourth-order valence-corrected chi connectivity index (χ4v) is 3.03. The van der Waals surface area contributed by atoms with Gasteiger partial charge >= 0.3 is 0 Å². The van der Waals surface area contributed by atoms with Crippen LogP contribution in [-0.2, 0) is 16.0 Å². The van der Waals surface area contributed by atoms with Gasteiger partial charge in [0, 0.05) is 15.8 Å². The highest BCUT2D eigenvalue weighted by Gasteiger charge is 2.48. The van der Waals surface area contributed by atoms with Gasteiger partial charge in [0.05, 0.1) is 11.8 Å². The Morgan fingerprint density at radius 3 is 2.21 bits per heavy atom. The molecule has 3 rings (SSSR count). The van der Waals surface area contributed by atoms with E-state index in [9.17, 15) is 9.59 Å². The highest BCUT2D eigenvalue weighted by Crippen LogP contribution is 2.40. The molecule has 2 aromatic carbocycles. The number of rotatable bonds is 5. The predicted molar refractivity (Wildman–Crippen MR) is 98.8 cm³/mol. The van der Waals surface area contributed by atoms with Gasteiger partial charge in [-0.1, -0.05) is 41.1 Å². The van der Waals surface area contributed by atoms with Crippen LogP contribution in [0.2, 0.25) is 0 Å². The van der Waals surface area contributed by atoms with E-state index in [0.29, 0.717) is 6.42 Å². The zero-order valence-electron chi connectivity index (χ0n) is 13.4. The van der Waals surface area contributed by atoms with Gasteiger partial charge in [-0.25, -0.2) is 0 Å². The van der Waals surface area contributed by atoms with E-state index in [0.717, 1.165) is 22.3 Å². The number of aryl methyl sites for hydroxylation is 1. The van der Waals surface area contributed by atoms with Gasteiger partial charge in [0.15, 0.2) is 0 Å². The van der Waals surface area contributed by atoms with Crippen molar-refractivity contribution in [3.8, 4) is 0 Å². The third-order valence-corrected chi connectivity index (χ3v) is 4.68. The number of amides is 2. The summed E-state index contributed by atoms with van der Waals surface area (Å²) in [5, 5.41) is 5.75. The van der Waals surface area contributed by atoms with Crippen molar-refractivity contribution in [3.05, 3.63) is 58.6 Å². The summed E-state index contributed by atoms with van der Waals surface area (Å²) >= 11 is 3.37. The van der Waals surface area contributed by atoms with E-state index in [-0.39, 0.29) is 23.7 Å². The maximum absolute atomic E-state index is 12.3. The van der Waals surface area contributed by atoms with Crippen LogP contribution in [0.5, 0.6) is 0 Å². The molecule has 0 heterocycles. The topological polar surface area (TPSA) is 58.2 Å². The molecule has 0 bridgehead atoms. The monoisotopic (exact) mass is 386 g/mol. The van der Waals surface area contributed by atoms with Gasteiger partial charge in [-0.2, -0.15) is 0 Å². The van der Waals surface area contributed by atoms with Crippen LogP contribution in [0.25, 0.3) is 0 Å². The molecule has 124 valence electrons. The Bertz CT molecular complexity index is 758. The third-order valence-electron chi connectivity index (χ3n) is 4.19. The third kappa shape index (κ3) is 4.03. The van der Waals surface area contributed by atoms with Crippen molar-refractivity contribution in [2.75, 3.05) is 10.6 Å². The molecule has 2 aromatic rings. The first-order valence-corrected chi connectivity index (χ1v) is 8.82. The smallest absolute Gasteiger partial charge is 0.228 e. The number of hydrogen-bond donors (Lipinski definition) is 2. The van der Waals surface area contributed by atoms with Crippen molar-refractivity contribution in [1.29, 1.82) is 0 Å². The summed E-state index contributed by atoms with van der Waals surface area (Å²) in [4.78, 5) is 24.5. The van der Waals surface area contributed by atoms with E-state index in [4.69, 9.17) is 0 Å². The Hall–Kier alpha value is -2.14. The first kappa shape index (κ1) is 16.7. The van der Waals surface area contributed by atoms with Crippen LogP contribution in [0.15, 0.2) is 53.0 Å². The molecule has 24 heavy (non-hydrogen) atoms. The van der Waals surface area contributed by atoms with Gasteiger partial charge in [0.2, 0.25) is 11.8 Å². The van der Waals surface area contributed by atoms with Crippen molar-refractivity contribution in [2.24, 2.45) is 11.8 Å². The van der Waals surface area contributed by atoms with Crippen LogP contribution >= 0.6 is 15.9 Å². The van der Waals surface area contributed by atoms with Gasteiger partial charge in [0.1, 0.15) is 0 Å². The van der Waals surface area contributed by atoms with Crippen LogP contribution in [0.4, 0.5) is 11.4 Å². The largest absolute Gasteiger partial charge is 0.326 e. The average Bonchev–Trinajstić information content (AvgIpc) is 3.36. The molecular formula is C19H19BrN2O2.